The molecule has 1 unspecified atom stereocenters. The number of esters is 1. The number of hydrogen-bond donors (Lipinski definition) is 0. The second-order valence-electron chi connectivity index (χ2n) is 7.12. The lowest BCUT2D eigenvalue weighted by Crippen LogP contribution is -2.38. The second kappa shape index (κ2) is 12.3. The molecule has 3 aromatic carbocycles. The third-order valence-corrected chi connectivity index (χ3v) is 10.3. The van der Waals surface area contributed by atoms with Gasteiger partial charge in [0.15, 0.2) is 11.7 Å². The van der Waals surface area contributed by atoms with Gasteiger partial charge in [0.2, 0.25) is 0 Å². The molecule has 0 aromatic heterocycles. The largest absolute Gasteiger partial charge is 0.465 e. The molecule has 0 aliphatic carbocycles. The zero-order valence-corrected chi connectivity index (χ0v) is 21.5. The highest BCUT2D eigenvalue weighted by Gasteiger charge is 2.56. The van der Waals surface area contributed by atoms with Gasteiger partial charge in [-0.15, -0.1) is 12.4 Å². The number of hydrogen-bond acceptors (Lipinski definition) is 3. The van der Waals surface area contributed by atoms with Crippen LogP contribution in [0.3, 0.4) is 0 Å². The van der Waals surface area contributed by atoms with Gasteiger partial charge in [-0.1, -0.05) is 77.8 Å². The number of ether oxygens (including phenoxy) is 1. The van der Waals surface area contributed by atoms with Gasteiger partial charge in [-0.25, -0.2) is 0 Å². The number of Topliss-reactive ketones (excluding diaryl/α,β-unsaturated/α-hetero) is 1. The van der Waals surface area contributed by atoms with Crippen LogP contribution in [0.1, 0.15) is 13.8 Å². The smallest absolute Gasteiger partial charge is 0.324 e. The van der Waals surface area contributed by atoms with E-state index in [2.05, 4.69) is 0 Å². The first-order valence-electron chi connectivity index (χ1n) is 10.2. The van der Waals surface area contributed by atoms with Crippen molar-refractivity contribution in [2.75, 3.05) is 6.61 Å². The SMILES string of the molecule is CCOC(=O)C(C(C)=O)C(=C(Cl)Cl)[P+](c1ccccc1)(c1ccccc1)c1ccccc1.Cl. The van der Waals surface area contributed by atoms with E-state index in [0.29, 0.717) is 5.31 Å². The van der Waals surface area contributed by atoms with Crippen molar-refractivity contribution in [3.63, 3.8) is 0 Å². The van der Waals surface area contributed by atoms with Crippen molar-refractivity contribution in [1.82, 2.24) is 0 Å². The van der Waals surface area contributed by atoms with Crippen LogP contribution in [0.25, 0.3) is 0 Å². The van der Waals surface area contributed by atoms with Crippen molar-refractivity contribution >= 4 is 70.5 Å². The first-order chi connectivity index (χ1) is 15.4. The molecule has 0 spiro atoms. The molecule has 7 heteroatoms. The number of carbonyl (C=O) groups excluding carboxylic acids is 2. The van der Waals surface area contributed by atoms with Gasteiger partial charge in [-0.3, -0.25) is 9.59 Å². The molecule has 0 bridgehead atoms. The van der Waals surface area contributed by atoms with Gasteiger partial charge in [-0.2, -0.15) is 0 Å². The first-order valence-corrected chi connectivity index (χ1v) is 12.8. The predicted molar refractivity (Wildman–Crippen MR) is 142 cm³/mol. The highest BCUT2D eigenvalue weighted by atomic mass is 35.5. The normalized spacial score (nSPS) is 11.6. The molecule has 172 valence electrons. The van der Waals surface area contributed by atoms with E-state index in [9.17, 15) is 9.59 Å². The molecule has 3 rings (SSSR count). The molecule has 1 atom stereocenters. The average Bonchev–Trinajstić information content (AvgIpc) is 2.81. The maximum absolute atomic E-state index is 13.1. The minimum absolute atomic E-state index is 0. The van der Waals surface area contributed by atoms with E-state index in [4.69, 9.17) is 27.9 Å². The van der Waals surface area contributed by atoms with Crippen molar-refractivity contribution in [2.24, 2.45) is 5.92 Å². The molecule has 33 heavy (non-hydrogen) atoms. The third-order valence-electron chi connectivity index (χ3n) is 5.19. The molecule has 0 aliphatic rings. The molecule has 0 fully saturated rings. The molecule has 0 amide bonds. The third kappa shape index (κ3) is 5.50. The van der Waals surface area contributed by atoms with Crippen LogP contribution in [0.15, 0.2) is 101 Å². The van der Waals surface area contributed by atoms with Crippen molar-refractivity contribution in [1.29, 1.82) is 0 Å². The van der Waals surface area contributed by atoms with Gasteiger partial charge < -0.3 is 4.74 Å². The minimum atomic E-state index is -2.81. The number of rotatable bonds is 8. The fraction of sp³-hybridized carbons (Fsp3) is 0.154. The van der Waals surface area contributed by atoms with Crippen LogP contribution in [-0.2, 0) is 14.3 Å². The van der Waals surface area contributed by atoms with Crippen molar-refractivity contribution in [3.8, 4) is 0 Å². The lowest BCUT2D eigenvalue weighted by molar-refractivity contribution is -0.149. The Morgan fingerprint density at radius 3 is 1.42 bits per heavy atom. The van der Waals surface area contributed by atoms with Gasteiger partial charge in [-0.05, 0) is 50.2 Å². The van der Waals surface area contributed by atoms with Gasteiger partial charge in [0, 0.05) is 0 Å². The lowest BCUT2D eigenvalue weighted by atomic mass is 10.1. The molecule has 3 aromatic rings. The molecule has 0 N–H and O–H groups in total. The average molecular weight is 523 g/mol. The molecule has 0 saturated carbocycles. The minimum Gasteiger partial charge on any atom is -0.465 e. The second-order valence-corrected chi connectivity index (χ2v) is 11.4. The van der Waals surface area contributed by atoms with Crippen LogP contribution in [0.2, 0.25) is 0 Å². The van der Waals surface area contributed by atoms with Gasteiger partial charge >= 0.3 is 5.97 Å². The highest BCUT2D eigenvalue weighted by Crippen LogP contribution is 2.66. The summed E-state index contributed by atoms with van der Waals surface area (Å²) in [4.78, 5) is 26.0. The quantitative estimate of drug-likeness (QED) is 0.213. The van der Waals surface area contributed by atoms with Crippen LogP contribution in [-0.4, -0.2) is 18.4 Å². The Morgan fingerprint density at radius 1 is 0.788 bits per heavy atom. The Labute approximate surface area is 211 Å². The summed E-state index contributed by atoms with van der Waals surface area (Å²) in [5, 5.41) is 3.18. The Morgan fingerprint density at radius 2 is 1.15 bits per heavy atom. The fourth-order valence-corrected chi connectivity index (χ4v) is 9.44. The summed E-state index contributed by atoms with van der Waals surface area (Å²) in [6.45, 7) is 3.21. The summed E-state index contributed by atoms with van der Waals surface area (Å²) < 4.78 is 5.21. The molecule has 3 nitrogen and oxygen atoms in total. The summed E-state index contributed by atoms with van der Waals surface area (Å²) in [6, 6.07) is 29.3. The van der Waals surface area contributed by atoms with Crippen molar-refractivity contribution in [2.45, 2.75) is 13.8 Å². The van der Waals surface area contributed by atoms with E-state index in [1.807, 2.05) is 91.0 Å². The standard InChI is InChI=1S/C26H24Cl2O3P.ClH/c1-3-31-26(30)23(19(2)29)24(25(27)28)32(20-13-7-4-8-14-20,21-15-9-5-10-16-21)22-17-11-6-12-18-22;/h4-18,23H,3H2,1-2H3;1H/q+1;. The summed E-state index contributed by atoms with van der Waals surface area (Å²) in [5.41, 5.74) is 0. The summed E-state index contributed by atoms with van der Waals surface area (Å²) in [6.07, 6.45) is 0. The Bertz CT molecular complexity index is 1000. The summed E-state index contributed by atoms with van der Waals surface area (Å²) in [5.74, 6) is -2.25. The number of ketones is 1. The molecule has 0 radical (unpaired) electrons. The van der Waals surface area contributed by atoms with Gasteiger partial charge in [0.05, 0.1) is 6.61 Å². The molecule has 0 aliphatic heterocycles. The molecular formula is C26H25Cl3O3P+. The van der Waals surface area contributed by atoms with E-state index in [-0.39, 0.29) is 29.3 Å². The Hall–Kier alpha value is -2.16. The first kappa shape index (κ1) is 27.1. The Balaban J connectivity index is 0.00000385. The molecule has 0 saturated heterocycles. The van der Waals surface area contributed by atoms with Crippen molar-refractivity contribution < 1.29 is 14.3 Å². The number of carbonyl (C=O) groups is 2. The zero-order chi connectivity index (χ0) is 23.1. The van der Waals surface area contributed by atoms with Crippen molar-refractivity contribution in [3.05, 3.63) is 101 Å². The Kier molecular flexibility index (Phi) is 10.1. The van der Waals surface area contributed by atoms with E-state index in [1.54, 1.807) is 6.92 Å². The topological polar surface area (TPSA) is 43.4 Å². The van der Waals surface area contributed by atoms with E-state index >= 15 is 0 Å². The van der Waals surface area contributed by atoms with Gasteiger partial charge in [0.25, 0.3) is 0 Å². The lowest BCUT2D eigenvalue weighted by Gasteiger charge is -2.32. The highest BCUT2D eigenvalue weighted by molar-refractivity contribution is 7.99. The van der Waals surface area contributed by atoms with Crippen LogP contribution in [0.4, 0.5) is 0 Å². The van der Waals surface area contributed by atoms with E-state index in [1.165, 1.54) is 6.92 Å². The fourth-order valence-electron chi connectivity index (χ4n) is 3.94. The maximum Gasteiger partial charge on any atom is 0.324 e. The van der Waals surface area contributed by atoms with Crippen LogP contribution >= 0.6 is 42.9 Å². The van der Waals surface area contributed by atoms with Crippen LogP contribution in [0.5, 0.6) is 0 Å². The van der Waals surface area contributed by atoms with E-state index in [0.717, 1.165) is 15.9 Å². The summed E-state index contributed by atoms with van der Waals surface area (Å²) >= 11 is 13.1. The molecule has 0 heterocycles. The monoisotopic (exact) mass is 521 g/mol. The maximum atomic E-state index is 13.1. The van der Waals surface area contributed by atoms with E-state index < -0.39 is 19.1 Å². The molecular weight excluding hydrogens is 498 g/mol. The van der Waals surface area contributed by atoms with Gasteiger partial charge in [0.1, 0.15) is 33.0 Å². The number of halogens is 3. The predicted octanol–water partition coefficient (Wildman–Crippen LogP) is 5.82. The van der Waals surface area contributed by atoms with Crippen LogP contribution in [0, 0.1) is 5.92 Å². The zero-order valence-electron chi connectivity index (χ0n) is 18.3. The summed E-state index contributed by atoms with van der Waals surface area (Å²) in [7, 11) is -2.81. The number of benzene rings is 3. The van der Waals surface area contributed by atoms with Crippen LogP contribution < -0.4 is 15.9 Å².